The lowest BCUT2D eigenvalue weighted by Crippen LogP contribution is -2.39. The predicted molar refractivity (Wildman–Crippen MR) is 106 cm³/mol. The summed E-state index contributed by atoms with van der Waals surface area (Å²) in [5.74, 6) is -0.246. The molecule has 7 nitrogen and oxygen atoms in total. The van der Waals surface area contributed by atoms with E-state index in [1.165, 1.54) is 23.0 Å². The van der Waals surface area contributed by atoms with Gasteiger partial charge in [0.05, 0.1) is 6.54 Å². The van der Waals surface area contributed by atoms with E-state index in [9.17, 15) is 14.4 Å². The lowest BCUT2D eigenvalue weighted by molar-refractivity contribution is 0.0971. The number of thiazole rings is 1. The number of hydrogen-bond donors (Lipinski definition) is 0. The van der Waals surface area contributed by atoms with Crippen LogP contribution in [0.15, 0.2) is 33.9 Å². The molecule has 3 aromatic rings. The number of halogens is 1. The molecule has 9 heteroatoms. The van der Waals surface area contributed by atoms with Crippen LogP contribution in [0.25, 0.3) is 10.3 Å². The largest absolute Gasteiger partial charge is 0.348 e. The summed E-state index contributed by atoms with van der Waals surface area (Å²) >= 11 is 7.14. The van der Waals surface area contributed by atoms with Crippen LogP contribution in [-0.4, -0.2) is 33.0 Å². The number of nitrogens with zero attached hydrogens (tertiary/aromatic N) is 4. The number of aromatic nitrogens is 3. The van der Waals surface area contributed by atoms with Crippen LogP contribution in [0.4, 0.5) is 5.13 Å². The van der Waals surface area contributed by atoms with Gasteiger partial charge in [0.2, 0.25) is 0 Å². The Morgan fingerprint density at radius 1 is 1.19 bits per heavy atom. The fourth-order valence-corrected chi connectivity index (χ4v) is 4.41. The monoisotopic (exact) mass is 404 g/mol. The number of ketones is 1. The number of anilines is 1. The van der Waals surface area contributed by atoms with Crippen molar-refractivity contribution in [1.82, 2.24) is 14.1 Å². The van der Waals surface area contributed by atoms with Crippen molar-refractivity contribution in [2.45, 2.75) is 19.4 Å². The van der Waals surface area contributed by atoms with E-state index < -0.39 is 5.69 Å². The molecule has 0 saturated carbocycles. The van der Waals surface area contributed by atoms with Crippen molar-refractivity contribution in [3.05, 3.63) is 55.7 Å². The van der Waals surface area contributed by atoms with Crippen molar-refractivity contribution in [2.24, 2.45) is 7.05 Å². The van der Waals surface area contributed by atoms with E-state index in [-0.39, 0.29) is 23.5 Å². The first kappa shape index (κ1) is 17.9. The summed E-state index contributed by atoms with van der Waals surface area (Å²) in [5, 5.41) is 1.25. The first-order chi connectivity index (χ1) is 13.0. The van der Waals surface area contributed by atoms with Crippen molar-refractivity contribution in [3.8, 4) is 0 Å². The lowest BCUT2D eigenvalue weighted by Gasteiger charge is -2.12. The van der Waals surface area contributed by atoms with Crippen molar-refractivity contribution >= 4 is 44.2 Å². The molecule has 27 heavy (non-hydrogen) atoms. The summed E-state index contributed by atoms with van der Waals surface area (Å²) in [4.78, 5) is 44.5. The third-order valence-electron chi connectivity index (χ3n) is 4.71. The van der Waals surface area contributed by atoms with Crippen molar-refractivity contribution in [2.75, 3.05) is 18.0 Å². The molecule has 0 aliphatic carbocycles. The molecule has 0 unspecified atom stereocenters. The van der Waals surface area contributed by atoms with Gasteiger partial charge in [-0.3, -0.25) is 18.7 Å². The molecule has 1 saturated heterocycles. The minimum Gasteiger partial charge on any atom is -0.348 e. The van der Waals surface area contributed by atoms with Crippen molar-refractivity contribution in [3.63, 3.8) is 0 Å². The van der Waals surface area contributed by atoms with Gasteiger partial charge < -0.3 is 4.90 Å². The average molecular weight is 405 g/mol. The van der Waals surface area contributed by atoms with Crippen molar-refractivity contribution < 1.29 is 4.79 Å². The highest BCUT2D eigenvalue weighted by Crippen LogP contribution is 2.28. The van der Waals surface area contributed by atoms with Gasteiger partial charge in [-0.05, 0) is 37.1 Å². The van der Waals surface area contributed by atoms with E-state index in [0.717, 1.165) is 35.6 Å². The van der Waals surface area contributed by atoms with Crippen LogP contribution in [0.2, 0.25) is 5.02 Å². The quantitative estimate of drug-likeness (QED) is 0.623. The van der Waals surface area contributed by atoms with Gasteiger partial charge in [0.25, 0.3) is 5.56 Å². The second kappa shape index (κ2) is 6.94. The molecule has 4 rings (SSSR count). The Hall–Kier alpha value is -2.45. The third kappa shape index (κ3) is 3.19. The Kier molecular flexibility index (Phi) is 4.61. The maximum atomic E-state index is 12.7. The van der Waals surface area contributed by atoms with Crippen LogP contribution < -0.4 is 16.1 Å². The smallest absolute Gasteiger partial charge is 0.332 e. The minimum atomic E-state index is -0.548. The first-order valence-electron chi connectivity index (χ1n) is 8.60. The summed E-state index contributed by atoms with van der Waals surface area (Å²) in [7, 11) is 1.42. The number of benzene rings is 1. The molecule has 1 aliphatic heterocycles. The summed E-state index contributed by atoms with van der Waals surface area (Å²) < 4.78 is 2.70. The van der Waals surface area contributed by atoms with Crippen LogP contribution in [0.3, 0.4) is 0 Å². The van der Waals surface area contributed by atoms with E-state index >= 15 is 0 Å². The molecule has 0 atom stereocenters. The Morgan fingerprint density at radius 3 is 2.52 bits per heavy atom. The highest BCUT2D eigenvalue weighted by Gasteiger charge is 2.22. The molecule has 0 amide bonds. The van der Waals surface area contributed by atoms with Crippen molar-refractivity contribution in [1.29, 1.82) is 0 Å². The number of rotatable bonds is 4. The predicted octanol–water partition coefficient (Wildman–Crippen LogP) is 2.29. The highest BCUT2D eigenvalue weighted by atomic mass is 35.5. The van der Waals surface area contributed by atoms with Gasteiger partial charge in [-0.15, -0.1) is 0 Å². The molecule has 1 fully saturated rings. The fraction of sp³-hybridized carbons (Fsp3) is 0.333. The van der Waals surface area contributed by atoms with Gasteiger partial charge >= 0.3 is 5.69 Å². The van der Waals surface area contributed by atoms with Crippen LogP contribution >= 0.6 is 22.9 Å². The number of carbonyl (C=O) groups is 1. The average Bonchev–Trinajstić information content (AvgIpc) is 3.33. The molecule has 0 bridgehead atoms. The second-order valence-electron chi connectivity index (χ2n) is 6.51. The molecule has 1 aromatic carbocycles. The number of hydrogen-bond acceptors (Lipinski definition) is 6. The number of Topliss-reactive ketones (excluding diaryl/α,β-unsaturated/α-hetero) is 1. The molecule has 1 aliphatic rings. The molecule has 3 heterocycles. The van der Waals surface area contributed by atoms with Gasteiger partial charge in [-0.2, -0.15) is 0 Å². The fourth-order valence-electron chi connectivity index (χ4n) is 3.19. The second-order valence-corrected chi connectivity index (χ2v) is 7.92. The summed E-state index contributed by atoms with van der Waals surface area (Å²) in [6.07, 6.45) is 2.16. The lowest BCUT2D eigenvalue weighted by atomic mass is 10.1. The van der Waals surface area contributed by atoms with Gasteiger partial charge in [0.1, 0.15) is 4.70 Å². The maximum absolute atomic E-state index is 12.7. The van der Waals surface area contributed by atoms with Crippen LogP contribution in [0.5, 0.6) is 0 Å². The van der Waals surface area contributed by atoms with Crippen LogP contribution in [0, 0.1) is 0 Å². The van der Waals surface area contributed by atoms with E-state index in [1.807, 2.05) is 0 Å². The number of fused-ring (bicyclic) bond motifs is 1. The highest BCUT2D eigenvalue weighted by molar-refractivity contribution is 7.22. The molecular formula is C18H17ClN4O3S. The summed E-state index contributed by atoms with van der Waals surface area (Å²) in [5.41, 5.74) is -0.207. The molecule has 0 spiro atoms. The zero-order valence-corrected chi connectivity index (χ0v) is 16.2. The standard InChI is InChI=1S/C18H17ClN4O3S/c1-21-16(25)14-15(20-17(27-14)22-8-2-3-9-22)23(18(21)26)10-13(24)11-4-6-12(19)7-5-11/h4-7H,2-3,8-10H2,1H3. The summed E-state index contributed by atoms with van der Waals surface area (Å²) in [6, 6.07) is 6.49. The Labute approximate surface area is 163 Å². The van der Waals surface area contributed by atoms with E-state index in [4.69, 9.17) is 11.6 Å². The zero-order valence-electron chi connectivity index (χ0n) is 14.6. The molecule has 140 valence electrons. The van der Waals surface area contributed by atoms with Gasteiger partial charge in [-0.25, -0.2) is 9.78 Å². The summed E-state index contributed by atoms with van der Waals surface area (Å²) in [6.45, 7) is 1.58. The number of carbonyl (C=O) groups excluding carboxylic acids is 1. The minimum absolute atomic E-state index is 0.186. The first-order valence-corrected chi connectivity index (χ1v) is 9.79. The Morgan fingerprint density at radius 2 is 1.85 bits per heavy atom. The molecular weight excluding hydrogens is 388 g/mol. The van der Waals surface area contributed by atoms with Crippen LogP contribution in [-0.2, 0) is 13.6 Å². The molecule has 0 radical (unpaired) electrons. The van der Waals surface area contributed by atoms with Gasteiger partial charge in [0.15, 0.2) is 16.6 Å². The zero-order chi connectivity index (χ0) is 19.1. The normalized spacial score (nSPS) is 14.2. The van der Waals surface area contributed by atoms with E-state index in [0.29, 0.717) is 15.3 Å². The van der Waals surface area contributed by atoms with Gasteiger partial charge in [-0.1, -0.05) is 22.9 Å². The third-order valence-corrected chi connectivity index (χ3v) is 6.06. The molecule has 0 N–H and O–H groups in total. The van der Waals surface area contributed by atoms with E-state index in [1.54, 1.807) is 24.3 Å². The SMILES string of the molecule is Cn1c(=O)c2sc(N3CCCC3)nc2n(CC(=O)c2ccc(Cl)cc2)c1=O. The Bertz CT molecular complexity index is 1140. The Balaban J connectivity index is 1.81. The van der Waals surface area contributed by atoms with Gasteiger partial charge in [0, 0.05) is 30.7 Å². The van der Waals surface area contributed by atoms with Crippen LogP contribution in [0.1, 0.15) is 23.2 Å². The van der Waals surface area contributed by atoms with E-state index in [2.05, 4.69) is 9.88 Å². The topological polar surface area (TPSA) is 77.2 Å². The molecule has 2 aromatic heterocycles. The maximum Gasteiger partial charge on any atom is 0.332 e.